The number of benzene rings is 1. The van der Waals surface area contributed by atoms with Gasteiger partial charge in [0.1, 0.15) is 13.2 Å². The molecule has 2 aliphatic rings. The highest BCUT2D eigenvalue weighted by molar-refractivity contribution is 6.00. The van der Waals surface area contributed by atoms with Gasteiger partial charge in [-0.15, -0.1) is 0 Å². The standard InChI is InChI=1S/C18H25N3O4/c1-3-20(2)7-6-19-18(23)13-10-17(22)21(12-13)14-4-5-15-16(11-14)25-9-8-24-15/h4-5,11,13H,3,6-10,12H2,1-2H3,(H,19,23)/t13-/m1/s1. The normalized spacial score (nSPS) is 19.4. The van der Waals surface area contributed by atoms with Crippen molar-refractivity contribution in [1.82, 2.24) is 10.2 Å². The topological polar surface area (TPSA) is 71.1 Å². The highest BCUT2D eigenvalue weighted by Crippen LogP contribution is 2.35. The molecule has 0 saturated carbocycles. The molecule has 0 aromatic heterocycles. The zero-order chi connectivity index (χ0) is 17.8. The highest BCUT2D eigenvalue weighted by Gasteiger charge is 2.35. The number of nitrogens with one attached hydrogen (secondary N) is 1. The quantitative estimate of drug-likeness (QED) is 0.827. The first-order chi connectivity index (χ1) is 12.1. The van der Waals surface area contributed by atoms with E-state index in [2.05, 4.69) is 17.1 Å². The molecule has 1 saturated heterocycles. The Kier molecular flexibility index (Phi) is 5.43. The second-order valence-corrected chi connectivity index (χ2v) is 6.42. The zero-order valence-corrected chi connectivity index (χ0v) is 14.8. The predicted octanol–water partition coefficient (Wildman–Crippen LogP) is 0.879. The van der Waals surface area contributed by atoms with Crippen molar-refractivity contribution in [3.8, 4) is 11.5 Å². The Hall–Kier alpha value is -2.28. The van der Waals surface area contributed by atoms with Gasteiger partial charge >= 0.3 is 0 Å². The van der Waals surface area contributed by atoms with E-state index in [1.165, 1.54) is 0 Å². The van der Waals surface area contributed by atoms with E-state index in [1.807, 2.05) is 25.2 Å². The van der Waals surface area contributed by atoms with Crippen LogP contribution in [0.3, 0.4) is 0 Å². The number of fused-ring (bicyclic) bond motifs is 1. The fourth-order valence-corrected chi connectivity index (χ4v) is 3.01. The van der Waals surface area contributed by atoms with Gasteiger partial charge in [-0.1, -0.05) is 6.92 Å². The van der Waals surface area contributed by atoms with Crippen LogP contribution >= 0.6 is 0 Å². The number of ether oxygens (including phenoxy) is 2. The lowest BCUT2D eigenvalue weighted by molar-refractivity contribution is -0.126. The van der Waals surface area contributed by atoms with Gasteiger partial charge in [-0.3, -0.25) is 9.59 Å². The third-order valence-corrected chi connectivity index (χ3v) is 4.67. The number of amides is 2. The third-order valence-electron chi connectivity index (χ3n) is 4.67. The van der Waals surface area contributed by atoms with Gasteiger partial charge in [0, 0.05) is 37.8 Å². The van der Waals surface area contributed by atoms with E-state index >= 15 is 0 Å². The molecular weight excluding hydrogens is 322 g/mol. The first-order valence-corrected chi connectivity index (χ1v) is 8.74. The molecule has 0 bridgehead atoms. The van der Waals surface area contributed by atoms with Crippen molar-refractivity contribution >= 4 is 17.5 Å². The van der Waals surface area contributed by atoms with E-state index in [0.29, 0.717) is 37.8 Å². The summed E-state index contributed by atoms with van der Waals surface area (Å²) in [5.41, 5.74) is 0.746. The van der Waals surface area contributed by atoms with E-state index < -0.39 is 0 Å². The Morgan fingerprint density at radius 3 is 2.84 bits per heavy atom. The first-order valence-electron chi connectivity index (χ1n) is 8.74. The van der Waals surface area contributed by atoms with Crippen molar-refractivity contribution in [2.24, 2.45) is 5.92 Å². The second-order valence-electron chi connectivity index (χ2n) is 6.42. The lowest BCUT2D eigenvalue weighted by Gasteiger charge is -2.22. The average molecular weight is 347 g/mol. The number of anilines is 1. The maximum Gasteiger partial charge on any atom is 0.227 e. The van der Waals surface area contributed by atoms with Gasteiger partial charge in [0.25, 0.3) is 0 Å². The maximum absolute atomic E-state index is 12.4. The van der Waals surface area contributed by atoms with Crippen LogP contribution in [0.1, 0.15) is 13.3 Å². The van der Waals surface area contributed by atoms with E-state index in [1.54, 1.807) is 4.90 Å². The molecule has 25 heavy (non-hydrogen) atoms. The van der Waals surface area contributed by atoms with E-state index in [9.17, 15) is 9.59 Å². The summed E-state index contributed by atoms with van der Waals surface area (Å²) in [7, 11) is 2.01. The van der Waals surface area contributed by atoms with Crippen molar-refractivity contribution in [2.75, 3.05) is 51.3 Å². The fraction of sp³-hybridized carbons (Fsp3) is 0.556. The maximum atomic E-state index is 12.4. The summed E-state index contributed by atoms with van der Waals surface area (Å²) in [4.78, 5) is 28.4. The van der Waals surface area contributed by atoms with Crippen LogP contribution in [0.4, 0.5) is 5.69 Å². The Bertz CT molecular complexity index is 649. The van der Waals surface area contributed by atoms with Crippen molar-refractivity contribution in [3.63, 3.8) is 0 Å². The molecule has 1 aromatic carbocycles. The van der Waals surface area contributed by atoms with Crippen molar-refractivity contribution in [2.45, 2.75) is 13.3 Å². The third kappa shape index (κ3) is 4.04. The summed E-state index contributed by atoms with van der Waals surface area (Å²) >= 11 is 0. The Balaban J connectivity index is 1.59. The molecule has 1 atom stereocenters. The molecule has 1 aromatic rings. The molecule has 1 fully saturated rings. The Morgan fingerprint density at radius 2 is 2.08 bits per heavy atom. The molecule has 0 aliphatic carbocycles. The predicted molar refractivity (Wildman–Crippen MR) is 94.1 cm³/mol. The molecular formula is C18H25N3O4. The Labute approximate surface area is 147 Å². The summed E-state index contributed by atoms with van der Waals surface area (Å²) in [6.07, 6.45) is 0.240. The second kappa shape index (κ2) is 7.74. The molecule has 3 rings (SSSR count). The summed E-state index contributed by atoms with van der Waals surface area (Å²) in [6.45, 7) is 5.84. The summed E-state index contributed by atoms with van der Waals surface area (Å²) < 4.78 is 11.1. The van der Waals surface area contributed by atoms with Crippen LogP contribution in [0.15, 0.2) is 18.2 Å². The number of rotatable bonds is 6. The van der Waals surface area contributed by atoms with Gasteiger partial charge in [-0.25, -0.2) is 0 Å². The van der Waals surface area contributed by atoms with Crippen LogP contribution in [0.25, 0.3) is 0 Å². The molecule has 2 heterocycles. The molecule has 7 heteroatoms. The van der Waals surface area contributed by atoms with Gasteiger partial charge in [0.2, 0.25) is 11.8 Å². The molecule has 2 amide bonds. The largest absolute Gasteiger partial charge is 0.486 e. The van der Waals surface area contributed by atoms with Crippen LogP contribution in [-0.4, -0.2) is 63.2 Å². The van der Waals surface area contributed by atoms with Crippen molar-refractivity contribution in [3.05, 3.63) is 18.2 Å². The molecule has 0 radical (unpaired) electrons. The monoisotopic (exact) mass is 347 g/mol. The number of carbonyl (C=O) groups is 2. The zero-order valence-electron chi connectivity index (χ0n) is 14.8. The van der Waals surface area contributed by atoms with Gasteiger partial charge < -0.3 is 24.6 Å². The average Bonchev–Trinajstić information content (AvgIpc) is 3.03. The van der Waals surface area contributed by atoms with E-state index in [-0.39, 0.29) is 24.2 Å². The first kappa shape index (κ1) is 17.5. The number of carbonyl (C=O) groups excluding carboxylic acids is 2. The van der Waals surface area contributed by atoms with Crippen LogP contribution in [-0.2, 0) is 9.59 Å². The number of hydrogen-bond donors (Lipinski definition) is 1. The smallest absolute Gasteiger partial charge is 0.227 e. The molecule has 136 valence electrons. The van der Waals surface area contributed by atoms with Crippen LogP contribution in [0.5, 0.6) is 11.5 Å². The summed E-state index contributed by atoms with van der Waals surface area (Å²) in [5.74, 6) is 0.927. The van der Waals surface area contributed by atoms with Crippen molar-refractivity contribution in [1.29, 1.82) is 0 Å². The molecule has 0 unspecified atom stereocenters. The van der Waals surface area contributed by atoms with Crippen molar-refractivity contribution < 1.29 is 19.1 Å². The molecule has 1 N–H and O–H groups in total. The number of nitrogens with zero attached hydrogens (tertiary/aromatic N) is 2. The Morgan fingerprint density at radius 1 is 1.32 bits per heavy atom. The highest BCUT2D eigenvalue weighted by atomic mass is 16.6. The molecule has 7 nitrogen and oxygen atoms in total. The molecule has 2 aliphatic heterocycles. The summed E-state index contributed by atoms with van der Waals surface area (Å²) in [5, 5.41) is 2.93. The van der Waals surface area contributed by atoms with Gasteiger partial charge in [0.05, 0.1) is 5.92 Å². The summed E-state index contributed by atoms with van der Waals surface area (Å²) in [6, 6.07) is 5.45. The molecule has 0 spiro atoms. The minimum absolute atomic E-state index is 0.0393. The lowest BCUT2D eigenvalue weighted by atomic mass is 10.1. The SMILES string of the molecule is CCN(C)CCNC(=O)[C@@H]1CC(=O)N(c2ccc3c(c2)OCCO3)C1. The van der Waals surface area contributed by atoms with Crippen LogP contribution in [0, 0.1) is 5.92 Å². The minimum Gasteiger partial charge on any atom is -0.486 e. The van der Waals surface area contributed by atoms with Gasteiger partial charge in [0.15, 0.2) is 11.5 Å². The van der Waals surface area contributed by atoms with Crippen LogP contribution < -0.4 is 19.7 Å². The lowest BCUT2D eigenvalue weighted by Crippen LogP contribution is -2.37. The van der Waals surface area contributed by atoms with Gasteiger partial charge in [-0.2, -0.15) is 0 Å². The fourth-order valence-electron chi connectivity index (χ4n) is 3.01. The minimum atomic E-state index is -0.312. The van der Waals surface area contributed by atoms with E-state index in [0.717, 1.165) is 18.8 Å². The van der Waals surface area contributed by atoms with Gasteiger partial charge in [-0.05, 0) is 25.7 Å². The van der Waals surface area contributed by atoms with E-state index in [4.69, 9.17) is 9.47 Å². The number of likely N-dealkylation sites (N-methyl/N-ethyl adjacent to an activating group) is 1. The van der Waals surface area contributed by atoms with Crippen LogP contribution in [0.2, 0.25) is 0 Å². The number of hydrogen-bond acceptors (Lipinski definition) is 5.